The Hall–Kier alpha value is -1.50. The van der Waals surface area contributed by atoms with Gasteiger partial charge in [-0.25, -0.2) is 8.78 Å². The topological polar surface area (TPSA) is 57.6 Å². The summed E-state index contributed by atoms with van der Waals surface area (Å²) in [5, 5.41) is 11.0. The Bertz CT molecular complexity index is 405. The number of carboxylic acids is 1. The highest BCUT2D eigenvalue weighted by atomic mass is 32.1. The summed E-state index contributed by atoms with van der Waals surface area (Å²) in [6.45, 7) is -0.517. The number of hydrogen-bond acceptors (Lipinski definition) is 3. The third-order valence-electron chi connectivity index (χ3n) is 1.88. The summed E-state index contributed by atoms with van der Waals surface area (Å²) in [7, 11) is 1.25. The van der Waals surface area contributed by atoms with Gasteiger partial charge in [0.05, 0.1) is 5.56 Å². The maximum absolute atomic E-state index is 12.5. The van der Waals surface area contributed by atoms with E-state index < -0.39 is 24.8 Å². The van der Waals surface area contributed by atoms with E-state index in [1.54, 1.807) is 0 Å². The van der Waals surface area contributed by atoms with Gasteiger partial charge in [0.2, 0.25) is 0 Å². The first kappa shape index (κ1) is 12.6. The van der Waals surface area contributed by atoms with E-state index in [2.05, 4.69) is 0 Å². The highest BCUT2D eigenvalue weighted by molar-refractivity contribution is 7.08. The lowest BCUT2D eigenvalue weighted by atomic mass is 10.2. The molecule has 0 atom stereocenters. The normalized spacial score (nSPS) is 10.5. The molecular formula is C9H9F2NO3S. The van der Waals surface area contributed by atoms with Gasteiger partial charge in [0.25, 0.3) is 12.3 Å². The first-order valence-electron chi connectivity index (χ1n) is 4.25. The van der Waals surface area contributed by atoms with E-state index in [4.69, 9.17) is 5.11 Å². The Morgan fingerprint density at radius 2 is 2.12 bits per heavy atom. The van der Waals surface area contributed by atoms with Crippen molar-refractivity contribution in [3.05, 3.63) is 21.9 Å². The maximum Gasteiger partial charge on any atom is 0.323 e. The molecule has 0 unspecified atom stereocenters. The summed E-state index contributed by atoms with van der Waals surface area (Å²) in [5.74, 6) is -1.90. The number of thiophene rings is 1. The van der Waals surface area contributed by atoms with E-state index in [-0.39, 0.29) is 11.1 Å². The number of carbonyl (C=O) groups is 2. The van der Waals surface area contributed by atoms with Gasteiger partial charge in [-0.15, -0.1) is 0 Å². The fourth-order valence-electron chi connectivity index (χ4n) is 1.13. The van der Waals surface area contributed by atoms with Gasteiger partial charge in [-0.1, -0.05) is 0 Å². The van der Waals surface area contributed by atoms with Crippen molar-refractivity contribution >= 4 is 23.2 Å². The molecular weight excluding hydrogens is 240 g/mol. The molecule has 1 N–H and O–H groups in total. The quantitative estimate of drug-likeness (QED) is 0.885. The summed E-state index contributed by atoms with van der Waals surface area (Å²) in [4.78, 5) is 22.9. The molecule has 0 fully saturated rings. The molecule has 0 saturated heterocycles. The summed E-state index contributed by atoms with van der Waals surface area (Å²) in [6, 6.07) is 0. The van der Waals surface area contributed by atoms with Crippen molar-refractivity contribution in [3.8, 4) is 0 Å². The SMILES string of the molecule is CN(CC(=O)O)C(=O)c1cscc1C(F)F. The summed E-state index contributed by atoms with van der Waals surface area (Å²) >= 11 is 0.984. The Kier molecular flexibility index (Phi) is 3.94. The van der Waals surface area contributed by atoms with Crippen molar-refractivity contribution in [2.45, 2.75) is 6.43 Å². The van der Waals surface area contributed by atoms with E-state index in [0.717, 1.165) is 16.2 Å². The first-order chi connectivity index (χ1) is 7.43. The average Bonchev–Trinajstić information content (AvgIpc) is 2.63. The van der Waals surface area contributed by atoms with Crippen LogP contribution in [0.4, 0.5) is 8.78 Å². The van der Waals surface area contributed by atoms with Crippen molar-refractivity contribution in [2.75, 3.05) is 13.6 Å². The van der Waals surface area contributed by atoms with Crippen molar-refractivity contribution in [2.24, 2.45) is 0 Å². The molecule has 1 rings (SSSR count). The lowest BCUT2D eigenvalue weighted by molar-refractivity contribution is -0.137. The monoisotopic (exact) mass is 249 g/mol. The van der Waals surface area contributed by atoms with Crippen LogP contribution in [0.3, 0.4) is 0 Å². The fourth-order valence-corrected chi connectivity index (χ4v) is 1.95. The predicted molar refractivity (Wildman–Crippen MR) is 53.9 cm³/mol. The number of amides is 1. The Morgan fingerprint density at radius 3 is 2.62 bits per heavy atom. The van der Waals surface area contributed by atoms with E-state index in [1.165, 1.54) is 17.8 Å². The number of nitrogens with zero attached hydrogens (tertiary/aromatic N) is 1. The number of carbonyl (C=O) groups excluding carboxylic acids is 1. The lowest BCUT2D eigenvalue weighted by Gasteiger charge is -2.14. The molecule has 7 heteroatoms. The van der Waals surface area contributed by atoms with Crippen LogP contribution in [0.15, 0.2) is 10.8 Å². The van der Waals surface area contributed by atoms with Gasteiger partial charge in [0.1, 0.15) is 6.54 Å². The highest BCUT2D eigenvalue weighted by Gasteiger charge is 2.22. The number of rotatable bonds is 4. The van der Waals surface area contributed by atoms with Gasteiger partial charge in [0.15, 0.2) is 0 Å². The molecule has 0 aromatic carbocycles. The van der Waals surface area contributed by atoms with Crippen LogP contribution in [-0.4, -0.2) is 35.5 Å². The highest BCUT2D eigenvalue weighted by Crippen LogP contribution is 2.27. The molecule has 88 valence electrons. The fraction of sp³-hybridized carbons (Fsp3) is 0.333. The molecule has 0 bridgehead atoms. The van der Waals surface area contributed by atoms with E-state index in [1.807, 2.05) is 0 Å². The third-order valence-corrected chi connectivity index (χ3v) is 2.64. The largest absolute Gasteiger partial charge is 0.480 e. The van der Waals surface area contributed by atoms with Gasteiger partial charge in [-0.2, -0.15) is 11.3 Å². The molecule has 4 nitrogen and oxygen atoms in total. The number of likely N-dealkylation sites (N-methyl/N-ethyl adjacent to an activating group) is 1. The van der Waals surface area contributed by atoms with Gasteiger partial charge in [0, 0.05) is 23.4 Å². The van der Waals surface area contributed by atoms with Crippen LogP contribution < -0.4 is 0 Å². The van der Waals surface area contributed by atoms with E-state index >= 15 is 0 Å². The van der Waals surface area contributed by atoms with E-state index in [0.29, 0.717) is 0 Å². The standard InChI is InChI=1S/C9H9F2NO3S/c1-12(2-7(13)14)9(15)6-4-16-3-5(6)8(10)11/h3-4,8H,2H2,1H3,(H,13,14). The molecule has 0 aliphatic rings. The maximum atomic E-state index is 12.5. The van der Waals surface area contributed by atoms with Crippen LogP contribution in [-0.2, 0) is 4.79 Å². The minimum atomic E-state index is -2.73. The summed E-state index contributed by atoms with van der Waals surface area (Å²) in [5.41, 5.74) is -0.490. The molecule has 1 heterocycles. The van der Waals surface area contributed by atoms with Crippen LogP contribution in [0.25, 0.3) is 0 Å². The summed E-state index contributed by atoms with van der Waals surface area (Å²) in [6.07, 6.45) is -2.73. The van der Waals surface area contributed by atoms with Crippen LogP contribution in [0, 0.1) is 0 Å². The second kappa shape index (κ2) is 5.02. The van der Waals surface area contributed by atoms with Gasteiger partial charge < -0.3 is 10.0 Å². The molecule has 1 aromatic heterocycles. The Balaban J connectivity index is 2.87. The molecule has 1 amide bonds. The number of halogens is 2. The molecule has 0 radical (unpaired) electrons. The first-order valence-corrected chi connectivity index (χ1v) is 5.19. The molecule has 0 aliphatic carbocycles. The average molecular weight is 249 g/mol. The van der Waals surface area contributed by atoms with Crippen LogP contribution >= 0.6 is 11.3 Å². The van der Waals surface area contributed by atoms with E-state index in [9.17, 15) is 18.4 Å². The molecule has 16 heavy (non-hydrogen) atoms. The molecule has 1 aromatic rings. The number of alkyl halides is 2. The van der Waals surface area contributed by atoms with Crippen molar-refractivity contribution in [1.29, 1.82) is 0 Å². The minimum Gasteiger partial charge on any atom is -0.480 e. The number of hydrogen-bond donors (Lipinski definition) is 1. The second-order valence-corrected chi connectivity index (χ2v) is 3.84. The van der Waals surface area contributed by atoms with Crippen LogP contribution in [0.5, 0.6) is 0 Å². The zero-order chi connectivity index (χ0) is 12.3. The lowest BCUT2D eigenvalue weighted by Crippen LogP contribution is -2.32. The van der Waals surface area contributed by atoms with Gasteiger partial charge in [-0.3, -0.25) is 9.59 Å². The molecule has 0 spiro atoms. The Labute approximate surface area is 94.1 Å². The predicted octanol–water partition coefficient (Wildman–Crippen LogP) is 1.84. The van der Waals surface area contributed by atoms with Crippen molar-refractivity contribution < 1.29 is 23.5 Å². The second-order valence-electron chi connectivity index (χ2n) is 3.10. The smallest absolute Gasteiger partial charge is 0.323 e. The number of aliphatic carboxylic acids is 1. The molecule has 0 aliphatic heterocycles. The third kappa shape index (κ3) is 2.75. The van der Waals surface area contributed by atoms with Gasteiger partial charge >= 0.3 is 5.97 Å². The number of carboxylic acid groups (broad SMARTS) is 1. The zero-order valence-electron chi connectivity index (χ0n) is 8.31. The summed E-state index contributed by atoms with van der Waals surface area (Å²) < 4.78 is 24.9. The zero-order valence-corrected chi connectivity index (χ0v) is 9.13. The van der Waals surface area contributed by atoms with Crippen molar-refractivity contribution in [3.63, 3.8) is 0 Å². The van der Waals surface area contributed by atoms with Crippen molar-refractivity contribution in [1.82, 2.24) is 4.90 Å². The van der Waals surface area contributed by atoms with Crippen LogP contribution in [0.2, 0.25) is 0 Å². The van der Waals surface area contributed by atoms with Gasteiger partial charge in [-0.05, 0) is 0 Å². The van der Waals surface area contributed by atoms with Crippen LogP contribution in [0.1, 0.15) is 22.3 Å². The minimum absolute atomic E-state index is 0.135. The Morgan fingerprint density at radius 1 is 1.50 bits per heavy atom. The molecule has 0 saturated carbocycles.